The molecule has 3 aromatic rings. The molecule has 1 aromatic carbocycles. The van der Waals surface area contributed by atoms with Crippen LogP contribution in [0.25, 0.3) is 11.1 Å². The second kappa shape index (κ2) is 6.59. The molecule has 1 amide bonds. The van der Waals surface area contributed by atoms with Gasteiger partial charge in [0.2, 0.25) is 0 Å². The number of hydrogen-bond acceptors (Lipinski definition) is 5. The molecular formula is C22H19FN4O2. The zero-order valence-corrected chi connectivity index (χ0v) is 15.8. The lowest BCUT2D eigenvalue weighted by atomic mass is 10.1. The van der Waals surface area contributed by atoms with Gasteiger partial charge in [0.15, 0.2) is 11.3 Å². The summed E-state index contributed by atoms with van der Waals surface area (Å²) in [6, 6.07) is 12.9. The van der Waals surface area contributed by atoms with Crippen LogP contribution in [0.4, 0.5) is 10.1 Å². The SMILES string of the molecule is N#Cc1cccc(N2CCN(C(=O)c3ccnc4cc(C5(F)CC5)oc34)CC2)c1. The van der Waals surface area contributed by atoms with Crippen molar-refractivity contribution >= 4 is 22.7 Å². The molecule has 1 saturated heterocycles. The molecule has 5 rings (SSSR count). The van der Waals surface area contributed by atoms with Gasteiger partial charge >= 0.3 is 0 Å². The summed E-state index contributed by atoms with van der Waals surface area (Å²) >= 11 is 0. The van der Waals surface area contributed by atoms with Gasteiger partial charge in [-0.1, -0.05) is 6.07 Å². The van der Waals surface area contributed by atoms with Crippen molar-refractivity contribution in [1.29, 1.82) is 5.26 Å². The fourth-order valence-corrected chi connectivity index (χ4v) is 3.79. The third-order valence-electron chi connectivity index (χ3n) is 5.68. The molecule has 1 saturated carbocycles. The summed E-state index contributed by atoms with van der Waals surface area (Å²) in [5.41, 5.74) is 1.50. The number of rotatable bonds is 3. The van der Waals surface area contributed by atoms with Gasteiger partial charge in [-0.15, -0.1) is 0 Å². The number of anilines is 1. The lowest BCUT2D eigenvalue weighted by molar-refractivity contribution is 0.0747. The molecule has 7 heteroatoms. The standard InChI is InChI=1S/C22H19FN4O2/c23-22(5-6-22)19-13-18-20(29-19)17(4-7-25-18)21(28)27-10-8-26(9-11-27)16-3-1-2-15(12-16)14-24/h1-4,7,12-13H,5-6,8-11H2. The quantitative estimate of drug-likeness (QED) is 0.683. The van der Waals surface area contributed by atoms with Gasteiger partial charge in [0.05, 0.1) is 17.2 Å². The van der Waals surface area contributed by atoms with E-state index in [0.29, 0.717) is 61.2 Å². The minimum absolute atomic E-state index is 0.132. The first kappa shape index (κ1) is 17.7. The Morgan fingerprint density at radius 2 is 1.97 bits per heavy atom. The molecular weight excluding hydrogens is 371 g/mol. The van der Waals surface area contributed by atoms with Crippen molar-refractivity contribution in [2.45, 2.75) is 18.5 Å². The molecule has 6 nitrogen and oxygen atoms in total. The van der Waals surface area contributed by atoms with Gasteiger partial charge < -0.3 is 14.2 Å². The van der Waals surface area contributed by atoms with Crippen LogP contribution in [0.2, 0.25) is 0 Å². The van der Waals surface area contributed by atoms with Crippen molar-refractivity contribution in [3.05, 3.63) is 59.5 Å². The Balaban J connectivity index is 1.34. The number of hydrogen-bond donors (Lipinski definition) is 0. The lowest BCUT2D eigenvalue weighted by Crippen LogP contribution is -2.48. The maximum atomic E-state index is 14.4. The van der Waals surface area contributed by atoms with Crippen molar-refractivity contribution in [2.24, 2.45) is 0 Å². The third kappa shape index (κ3) is 3.11. The first-order valence-corrected chi connectivity index (χ1v) is 9.70. The zero-order chi connectivity index (χ0) is 20.0. The number of carbonyl (C=O) groups excluding carboxylic acids is 1. The highest BCUT2D eigenvalue weighted by Gasteiger charge is 2.48. The molecule has 0 bridgehead atoms. The van der Waals surface area contributed by atoms with E-state index < -0.39 is 5.67 Å². The number of halogens is 1. The summed E-state index contributed by atoms with van der Waals surface area (Å²) in [5.74, 6) is 0.134. The topological polar surface area (TPSA) is 73.4 Å². The van der Waals surface area contributed by atoms with Gasteiger partial charge in [0.25, 0.3) is 5.91 Å². The molecule has 0 radical (unpaired) electrons. The minimum Gasteiger partial charge on any atom is -0.455 e. The van der Waals surface area contributed by atoms with E-state index in [4.69, 9.17) is 9.68 Å². The normalized spacial score (nSPS) is 17.9. The summed E-state index contributed by atoms with van der Waals surface area (Å²) in [7, 11) is 0. The van der Waals surface area contributed by atoms with Crippen molar-refractivity contribution in [1.82, 2.24) is 9.88 Å². The van der Waals surface area contributed by atoms with Crippen molar-refractivity contribution in [2.75, 3.05) is 31.1 Å². The molecule has 29 heavy (non-hydrogen) atoms. The van der Waals surface area contributed by atoms with Crippen molar-refractivity contribution < 1.29 is 13.6 Å². The molecule has 1 aliphatic heterocycles. The van der Waals surface area contributed by atoms with Gasteiger partial charge in [0, 0.05) is 44.1 Å². The molecule has 0 unspecified atom stereocenters. The van der Waals surface area contributed by atoms with Gasteiger partial charge in [-0.05, 0) is 37.1 Å². The maximum Gasteiger partial charge on any atom is 0.257 e. The van der Waals surface area contributed by atoms with Crippen LogP contribution in [0.3, 0.4) is 0 Å². The highest BCUT2D eigenvalue weighted by molar-refractivity contribution is 6.04. The van der Waals surface area contributed by atoms with Crippen LogP contribution in [0.15, 0.2) is 47.0 Å². The second-order valence-electron chi connectivity index (χ2n) is 7.59. The number of carbonyl (C=O) groups is 1. The highest BCUT2D eigenvalue weighted by Crippen LogP contribution is 2.50. The molecule has 2 fully saturated rings. The molecule has 2 aromatic heterocycles. The number of furan rings is 1. The summed E-state index contributed by atoms with van der Waals surface area (Å²) in [6.45, 7) is 2.46. The van der Waals surface area contributed by atoms with E-state index >= 15 is 0 Å². The Morgan fingerprint density at radius 3 is 2.69 bits per heavy atom. The average molecular weight is 390 g/mol. The Labute approximate surface area is 167 Å². The summed E-state index contributed by atoms with van der Waals surface area (Å²) < 4.78 is 20.1. The van der Waals surface area contributed by atoms with Gasteiger partial charge in [0.1, 0.15) is 11.3 Å². The average Bonchev–Trinajstić information content (AvgIpc) is 3.36. The summed E-state index contributed by atoms with van der Waals surface area (Å²) in [5, 5.41) is 9.08. The number of aromatic nitrogens is 1. The van der Waals surface area contributed by atoms with E-state index in [1.165, 1.54) is 0 Å². The van der Waals surface area contributed by atoms with Crippen molar-refractivity contribution in [3.8, 4) is 6.07 Å². The fourth-order valence-electron chi connectivity index (χ4n) is 3.79. The number of fused-ring (bicyclic) bond motifs is 1. The van der Waals surface area contributed by atoms with Gasteiger partial charge in [-0.25, -0.2) is 4.39 Å². The van der Waals surface area contributed by atoms with E-state index in [9.17, 15) is 9.18 Å². The smallest absolute Gasteiger partial charge is 0.257 e. The third-order valence-corrected chi connectivity index (χ3v) is 5.68. The highest BCUT2D eigenvalue weighted by atomic mass is 19.1. The van der Waals surface area contributed by atoms with E-state index in [2.05, 4.69) is 16.0 Å². The number of piperazine rings is 1. The number of nitriles is 1. The molecule has 1 aliphatic carbocycles. The Kier molecular flexibility index (Phi) is 4.02. The van der Waals surface area contributed by atoms with Crippen LogP contribution in [-0.4, -0.2) is 42.0 Å². The molecule has 0 atom stereocenters. The first-order chi connectivity index (χ1) is 14.1. The maximum absolute atomic E-state index is 14.4. The predicted octanol–water partition coefficient (Wildman–Crippen LogP) is 3.62. The molecule has 0 N–H and O–H groups in total. The number of benzene rings is 1. The Hall–Kier alpha value is -3.40. The van der Waals surface area contributed by atoms with Crippen LogP contribution >= 0.6 is 0 Å². The van der Waals surface area contributed by atoms with Crippen molar-refractivity contribution in [3.63, 3.8) is 0 Å². The van der Waals surface area contributed by atoms with Crippen LogP contribution in [0, 0.1) is 11.3 Å². The Morgan fingerprint density at radius 1 is 1.17 bits per heavy atom. The summed E-state index contributed by atoms with van der Waals surface area (Å²) in [6.07, 6.45) is 2.46. The molecule has 3 heterocycles. The number of pyridine rings is 1. The van der Waals surface area contributed by atoms with E-state index in [0.717, 1.165) is 5.69 Å². The van der Waals surface area contributed by atoms with Crippen LogP contribution in [-0.2, 0) is 5.67 Å². The molecule has 2 aliphatic rings. The van der Waals surface area contributed by atoms with E-state index in [1.807, 2.05) is 18.2 Å². The number of alkyl halides is 1. The fraction of sp³-hybridized carbons (Fsp3) is 0.318. The van der Waals surface area contributed by atoms with Gasteiger partial charge in [-0.3, -0.25) is 9.78 Å². The van der Waals surface area contributed by atoms with Crippen LogP contribution < -0.4 is 4.90 Å². The zero-order valence-electron chi connectivity index (χ0n) is 15.8. The van der Waals surface area contributed by atoms with E-state index in [-0.39, 0.29) is 11.7 Å². The second-order valence-corrected chi connectivity index (χ2v) is 7.59. The van der Waals surface area contributed by atoms with Gasteiger partial charge in [-0.2, -0.15) is 5.26 Å². The van der Waals surface area contributed by atoms with E-state index in [1.54, 1.807) is 29.3 Å². The van der Waals surface area contributed by atoms with Crippen LogP contribution in [0.5, 0.6) is 0 Å². The monoisotopic (exact) mass is 390 g/mol. The lowest BCUT2D eigenvalue weighted by Gasteiger charge is -2.36. The number of nitrogens with zero attached hydrogens (tertiary/aromatic N) is 4. The summed E-state index contributed by atoms with van der Waals surface area (Å²) in [4.78, 5) is 21.3. The first-order valence-electron chi connectivity index (χ1n) is 9.70. The predicted molar refractivity (Wildman–Crippen MR) is 105 cm³/mol. The minimum atomic E-state index is -1.40. The Bertz CT molecular complexity index is 1140. The molecule has 146 valence electrons. The van der Waals surface area contributed by atoms with Crippen LogP contribution in [0.1, 0.15) is 34.5 Å². The number of amides is 1. The molecule has 0 spiro atoms. The largest absolute Gasteiger partial charge is 0.455 e.